The molecule has 0 heterocycles. The molecule has 0 radical (unpaired) electrons. The SMILES string of the molecule is COC(=O)c1ccc(C(=O)OC)c(NC(=O)c2ccccc2N(C)S(=O)(=O)c2ccc(C)cc2)c1. The molecule has 0 saturated carbocycles. The van der Waals surface area contributed by atoms with E-state index in [0.29, 0.717) is 0 Å². The number of carbonyl (C=O) groups excluding carboxylic acids is 3. The number of amides is 1. The Kier molecular flexibility index (Phi) is 7.55. The van der Waals surface area contributed by atoms with Crippen LogP contribution in [-0.4, -0.2) is 47.5 Å². The first-order valence-corrected chi connectivity index (χ1v) is 11.8. The van der Waals surface area contributed by atoms with E-state index in [-0.39, 0.29) is 33.0 Å². The van der Waals surface area contributed by atoms with E-state index < -0.39 is 27.9 Å². The lowest BCUT2D eigenvalue weighted by atomic mass is 10.1. The average molecular weight is 497 g/mol. The van der Waals surface area contributed by atoms with Crippen LogP contribution in [0.2, 0.25) is 0 Å². The number of para-hydroxylation sites is 1. The van der Waals surface area contributed by atoms with Gasteiger partial charge in [-0.2, -0.15) is 0 Å². The Morgan fingerprint density at radius 1 is 0.829 bits per heavy atom. The van der Waals surface area contributed by atoms with E-state index in [9.17, 15) is 22.8 Å². The molecule has 0 aliphatic rings. The number of sulfonamides is 1. The summed E-state index contributed by atoms with van der Waals surface area (Å²) in [5.74, 6) is -2.09. The molecule has 0 atom stereocenters. The number of methoxy groups -OCH3 is 2. The molecule has 0 saturated heterocycles. The maximum absolute atomic E-state index is 13.3. The lowest BCUT2D eigenvalue weighted by molar-refractivity contribution is 0.0587. The highest BCUT2D eigenvalue weighted by molar-refractivity contribution is 7.92. The minimum Gasteiger partial charge on any atom is -0.465 e. The number of rotatable bonds is 7. The van der Waals surface area contributed by atoms with Crippen LogP contribution in [0.3, 0.4) is 0 Å². The normalized spacial score (nSPS) is 10.9. The maximum Gasteiger partial charge on any atom is 0.339 e. The van der Waals surface area contributed by atoms with Crippen molar-refractivity contribution in [2.24, 2.45) is 0 Å². The summed E-state index contributed by atoms with van der Waals surface area (Å²) < 4.78 is 36.9. The summed E-state index contributed by atoms with van der Waals surface area (Å²) in [7, 11) is -0.234. The number of aryl methyl sites for hydroxylation is 1. The highest BCUT2D eigenvalue weighted by Crippen LogP contribution is 2.28. The van der Waals surface area contributed by atoms with Crippen LogP contribution >= 0.6 is 0 Å². The summed E-state index contributed by atoms with van der Waals surface area (Å²) in [5, 5.41) is 2.59. The minimum atomic E-state index is -3.97. The molecule has 0 fully saturated rings. The second kappa shape index (κ2) is 10.4. The predicted octanol–water partition coefficient (Wildman–Crippen LogP) is 3.65. The second-order valence-corrected chi connectivity index (χ2v) is 9.47. The molecule has 0 aliphatic carbocycles. The molecule has 3 rings (SSSR count). The Morgan fingerprint density at radius 3 is 2.09 bits per heavy atom. The lowest BCUT2D eigenvalue weighted by Gasteiger charge is -2.22. The Hall–Kier alpha value is -4.18. The van der Waals surface area contributed by atoms with E-state index in [1.165, 1.54) is 63.7 Å². The van der Waals surface area contributed by atoms with Gasteiger partial charge < -0.3 is 14.8 Å². The van der Waals surface area contributed by atoms with Crippen molar-refractivity contribution in [2.45, 2.75) is 11.8 Å². The first-order valence-electron chi connectivity index (χ1n) is 10.4. The van der Waals surface area contributed by atoms with Crippen molar-refractivity contribution in [1.82, 2.24) is 0 Å². The van der Waals surface area contributed by atoms with Gasteiger partial charge in [0.05, 0.1) is 47.2 Å². The van der Waals surface area contributed by atoms with Crippen molar-refractivity contribution < 1.29 is 32.3 Å². The molecule has 35 heavy (non-hydrogen) atoms. The molecule has 3 aromatic rings. The van der Waals surface area contributed by atoms with Gasteiger partial charge in [0.25, 0.3) is 15.9 Å². The largest absolute Gasteiger partial charge is 0.465 e. The van der Waals surface area contributed by atoms with Crippen LogP contribution in [0.1, 0.15) is 36.6 Å². The van der Waals surface area contributed by atoms with E-state index >= 15 is 0 Å². The van der Waals surface area contributed by atoms with Gasteiger partial charge >= 0.3 is 11.9 Å². The zero-order valence-electron chi connectivity index (χ0n) is 19.6. The summed E-state index contributed by atoms with van der Waals surface area (Å²) in [4.78, 5) is 37.5. The fourth-order valence-corrected chi connectivity index (χ4v) is 4.52. The number of carbonyl (C=O) groups is 3. The van der Waals surface area contributed by atoms with Crippen molar-refractivity contribution in [3.05, 3.63) is 89.0 Å². The van der Waals surface area contributed by atoms with Crippen molar-refractivity contribution >= 4 is 39.2 Å². The van der Waals surface area contributed by atoms with Gasteiger partial charge in [0.1, 0.15) is 0 Å². The molecule has 0 bridgehead atoms. The van der Waals surface area contributed by atoms with Gasteiger partial charge in [-0.05, 0) is 49.4 Å². The monoisotopic (exact) mass is 496 g/mol. The number of hydrogen-bond donors (Lipinski definition) is 1. The van der Waals surface area contributed by atoms with Crippen molar-refractivity contribution in [1.29, 1.82) is 0 Å². The van der Waals surface area contributed by atoms with Crippen LogP contribution in [-0.2, 0) is 19.5 Å². The van der Waals surface area contributed by atoms with E-state index in [1.54, 1.807) is 24.3 Å². The summed E-state index contributed by atoms with van der Waals surface area (Å²) in [6.07, 6.45) is 0. The van der Waals surface area contributed by atoms with Gasteiger partial charge in [0.2, 0.25) is 0 Å². The van der Waals surface area contributed by atoms with Crippen LogP contribution in [0, 0.1) is 6.92 Å². The van der Waals surface area contributed by atoms with Crippen LogP contribution in [0.15, 0.2) is 71.6 Å². The zero-order chi connectivity index (χ0) is 25.8. The number of ether oxygens (including phenoxy) is 2. The topological polar surface area (TPSA) is 119 Å². The van der Waals surface area contributed by atoms with Gasteiger partial charge in [0, 0.05) is 7.05 Å². The molecule has 1 amide bonds. The minimum absolute atomic E-state index is 0.00333. The van der Waals surface area contributed by atoms with Gasteiger partial charge in [0.15, 0.2) is 0 Å². The van der Waals surface area contributed by atoms with E-state index in [4.69, 9.17) is 9.47 Å². The fourth-order valence-electron chi connectivity index (χ4n) is 3.31. The maximum atomic E-state index is 13.3. The number of nitrogens with zero attached hydrogens (tertiary/aromatic N) is 1. The molecule has 0 aromatic heterocycles. The summed E-state index contributed by atoms with van der Waals surface area (Å²) in [6.45, 7) is 1.84. The first kappa shape index (κ1) is 25.4. The molecular formula is C25H24N2O7S. The molecule has 1 N–H and O–H groups in total. The first-order chi connectivity index (χ1) is 16.6. The van der Waals surface area contributed by atoms with Crippen LogP contribution in [0.4, 0.5) is 11.4 Å². The van der Waals surface area contributed by atoms with Crippen molar-refractivity contribution in [3.63, 3.8) is 0 Å². The lowest BCUT2D eigenvalue weighted by Crippen LogP contribution is -2.29. The third-order valence-corrected chi connectivity index (χ3v) is 7.05. The summed E-state index contributed by atoms with van der Waals surface area (Å²) >= 11 is 0. The van der Waals surface area contributed by atoms with Crippen molar-refractivity contribution in [2.75, 3.05) is 30.9 Å². The van der Waals surface area contributed by atoms with E-state index in [2.05, 4.69) is 5.32 Å². The number of benzene rings is 3. The van der Waals surface area contributed by atoms with E-state index in [1.807, 2.05) is 6.92 Å². The molecule has 182 valence electrons. The Balaban J connectivity index is 2.01. The third-order valence-electron chi connectivity index (χ3n) is 5.26. The van der Waals surface area contributed by atoms with Gasteiger partial charge in [-0.15, -0.1) is 0 Å². The smallest absolute Gasteiger partial charge is 0.339 e. The van der Waals surface area contributed by atoms with Gasteiger partial charge in [-0.1, -0.05) is 29.8 Å². The fraction of sp³-hybridized carbons (Fsp3) is 0.160. The standard InChI is InChI=1S/C25H24N2O7S/c1-16-9-12-18(13-10-16)35(31,32)27(2)22-8-6-5-7-20(22)23(28)26-21-15-17(24(29)33-3)11-14-19(21)25(30)34-4/h5-15H,1-4H3,(H,26,28). The number of esters is 2. The number of nitrogens with one attached hydrogen (secondary N) is 1. The quantitative estimate of drug-likeness (QED) is 0.496. The van der Waals surface area contributed by atoms with Gasteiger partial charge in [-0.25, -0.2) is 18.0 Å². The zero-order valence-corrected chi connectivity index (χ0v) is 20.4. The molecule has 10 heteroatoms. The summed E-state index contributed by atoms with van der Waals surface area (Å²) in [5.41, 5.74) is 1.17. The molecule has 9 nitrogen and oxygen atoms in total. The second-order valence-electron chi connectivity index (χ2n) is 7.50. The predicted molar refractivity (Wildman–Crippen MR) is 130 cm³/mol. The summed E-state index contributed by atoms with van der Waals surface area (Å²) in [6, 6.07) is 16.4. The molecule has 0 spiro atoms. The Morgan fingerprint density at radius 2 is 1.46 bits per heavy atom. The molecular weight excluding hydrogens is 472 g/mol. The highest BCUT2D eigenvalue weighted by Gasteiger charge is 2.26. The molecule has 3 aromatic carbocycles. The number of anilines is 2. The third kappa shape index (κ3) is 5.33. The van der Waals surface area contributed by atoms with E-state index in [0.717, 1.165) is 9.87 Å². The van der Waals surface area contributed by atoms with Crippen LogP contribution in [0.25, 0.3) is 0 Å². The number of hydrogen-bond acceptors (Lipinski definition) is 7. The van der Waals surface area contributed by atoms with Gasteiger partial charge in [-0.3, -0.25) is 9.10 Å². The Labute approximate surface area is 203 Å². The van der Waals surface area contributed by atoms with Crippen LogP contribution < -0.4 is 9.62 Å². The van der Waals surface area contributed by atoms with Crippen LogP contribution in [0.5, 0.6) is 0 Å². The Bertz CT molecular complexity index is 1380. The molecule has 0 aliphatic heterocycles. The average Bonchev–Trinajstić information content (AvgIpc) is 2.87. The molecule has 0 unspecified atom stereocenters. The van der Waals surface area contributed by atoms with Crippen molar-refractivity contribution in [3.8, 4) is 0 Å². The highest BCUT2D eigenvalue weighted by atomic mass is 32.2.